The van der Waals surface area contributed by atoms with Crippen LogP contribution in [0.4, 0.5) is 15.8 Å². The molecular formula is C16H12ClFN2O4S. The fraction of sp³-hybridized carbons (Fsp3) is 0.125. The van der Waals surface area contributed by atoms with Gasteiger partial charge in [0.2, 0.25) is 15.9 Å². The number of nitrogens with zero attached hydrogens (tertiary/aromatic N) is 1. The Kier molecular flexibility index (Phi) is 4.49. The highest BCUT2D eigenvalue weighted by Crippen LogP contribution is 2.33. The van der Waals surface area contributed by atoms with E-state index in [-0.39, 0.29) is 28.4 Å². The number of nitrogens with one attached hydrogen (secondary N) is 1. The van der Waals surface area contributed by atoms with Crippen LogP contribution in [0.3, 0.4) is 0 Å². The molecule has 0 aromatic heterocycles. The van der Waals surface area contributed by atoms with E-state index in [1.807, 2.05) is 0 Å². The maximum Gasteiger partial charge on any atom is 0.255 e. The van der Waals surface area contributed by atoms with E-state index in [0.29, 0.717) is 9.99 Å². The molecule has 130 valence electrons. The predicted molar refractivity (Wildman–Crippen MR) is 91.7 cm³/mol. The van der Waals surface area contributed by atoms with Gasteiger partial charge in [0.15, 0.2) is 0 Å². The normalized spacial score (nSPS) is 16.1. The van der Waals surface area contributed by atoms with Crippen LogP contribution in [0, 0.1) is 5.82 Å². The smallest absolute Gasteiger partial charge is 0.255 e. The summed E-state index contributed by atoms with van der Waals surface area (Å²) >= 11 is 6.02. The van der Waals surface area contributed by atoms with Crippen molar-refractivity contribution in [3.63, 3.8) is 0 Å². The quantitative estimate of drug-likeness (QED) is 0.884. The van der Waals surface area contributed by atoms with Crippen molar-refractivity contribution in [3.05, 3.63) is 58.9 Å². The lowest BCUT2D eigenvalue weighted by Crippen LogP contribution is -2.29. The molecule has 1 heterocycles. The fourth-order valence-electron chi connectivity index (χ4n) is 2.39. The number of sulfonamides is 1. The summed E-state index contributed by atoms with van der Waals surface area (Å²) in [6.45, 7) is 0. The van der Waals surface area contributed by atoms with E-state index in [9.17, 15) is 22.4 Å². The number of benzene rings is 2. The standard InChI is InChI=1S/C16H12ClFN2O4S/c17-13-6-1-10(16(22)19-12-4-2-11(18)3-5-12)9-14(13)20-15(21)7-8-25(20,23)24/h1-6,9H,7-8H2,(H,19,22). The van der Waals surface area contributed by atoms with Gasteiger partial charge in [0.05, 0.1) is 16.5 Å². The van der Waals surface area contributed by atoms with Gasteiger partial charge in [-0.2, -0.15) is 0 Å². The van der Waals surface area contributed by atoms with Gasteiger partial charge in [-0.1, -0.05) is 11.6 Å². The first-order valence-electron chi connectivity index (χ1n) is 7.20. The number of anilines is 2. The molecule has 3 rings (SSSR count). The molecule has 1 aliphatic heterocycles. The van der Waals surface area contributed by atoms with Gasteiger partial charge in [-0.15, -0.1) is 0 Å². The molecule has 0 atom stereocenters. The van der Waals surface area contributed by atoms with Gasteiger partial charge in [-0.3, -0.25) is 9.59 Å². The minimum Gasteiger partial charge on any atom is -0.322 e. The van der Waals surface area contributed by atoms with E-state index < -0.39 is 27.7 Å². The largest absolute Gasteiger partial charge is 0.322 e. The molecule has 9 heteroatoms. The van der Waals surface area contributed by atoms with Gasteiger partial charge in [0.1, 0.15) is 5.82 Å². The third kappa shape index (κ3) is 3.49. The lowest BCUT2D eigenvalue weighted by atomic mass is 10.1. The van der Waals surface area contributed by atoms with Crippen LogP contribution in [0.2, 0.25) is 5.02 Å². The first kappa shape index (κ1) is 17.4. The van der Waals surface area contributed by atoms with Crippen molar-refractivity contribution in [1.29, 1.82) is 0 Å². The molecule has 1 aliphatic rings. The molecule has 1 saturated heterocycles. The summed E-state index contributed by atoms with van der Waals surface area (Å²) in [5, 5.41) is 2.59. The van der Waals surface area contributed by atoms with Crippen molar-refractivity contribution in [2.45, 2.75) is 6.42 Å². The Labute approximate surface area is 148 Å². The summed E-state index contributed by atoms with van der Waals surface area (Å²) < 4.78 is 37.6. The molecule has 2 aromatic carbocycles. The monoisotopic (exact) mass is 382 g/mol. The number of rotatable bonds is 3. The predicted octanol–water partition coefficient (Wildman–Crippen LogP) is 2.80. The summed E-state index contributed by atoms with van der Waals surface area (Å²) in [6.07, 6.45) is -0.134. The summed E-state index contributed by atoms with van der Waals surface area (Å²) in [5.41, 5.74) is 0.419. The van der Waals surface area contributed by atoms with E-state index in [2.05, 4.69) is 5.32 Å². The minimum absolute atomic E-state index is 0.0390. The van der Waals surface area contributed by atoms with Gasteiger partial charge < -0.3 is 5.32 Å². The van der Waals surface area contributed by atoms with Crippen LogP contribution < -0.4 is 9.62 Å². The molecule has 0 saturated carbocycles. The van der Waals surface area contributed by atoms with Crippen LogP contribution in [0.25, 0.3) is 0 Å². The third-order valence-electron chi connectivity index (χ3n) is 3.61. The Bertz CT molecular complexity index is 961. The minimum atomic E-state index is -3.79. The number of carbonyl (C=O) groups excluding carboxylic acids is 2. The summed E-state index contributed by atoms with van der Waals surface area (Å²) in [7, 11) is -3.79. The molecule has 0 spiro atoms. The Morgan fingerprint density at radius 3 is 2.44 bits per heavy atom. The number of halogens is 2. The van der Waals surface area contributed by atoms with Crippen molar-refractivity contribution in [2.75, 3.05) is 15.4 Å². The molecule has 0 bridgehead atoms. The second kappa shape index (κ2) is 6.45. The molecule has 25 heavy (non-hydrogen) atoms. The topological polar surface area (TPSA) is 83.6 Å². The van der Waals surface area contributed by atoms with Crippen LogP contribution in [-0.4, -0.2) is 26.0 Å². The molecular weight excluding hydrogens is 371 g/mol. The second-order valence-corrected chi connectivity index (χ2v) is 7.70. The molecule has 2 amide bonds. The van der Waals surface area contributed by atoms with Gasteiger partial charge in [-0.25, -0.2) is 17.1 Å². The van der Waals surface area contributed by atoms with E-state index in [1.165, 1.54) is 42.5 Å². The van der Waals surface area contributed by atoms with Crippen molar-refractivity contribution >= 4 is 44.8 Å². The van der Waals surface area contributed by atoms with E-state index in [4.69, 9.17) is 11.6 Å². The fourth-order valence-corrected chi connectivity index (χ4v) is 4.11. The Morgan fingerprint density at radius 1 is 1.16 bits per heavy atom. The number of amides is 2. The van der Waals surface area contributed by atoms with Gasteiger partial charge in [0.25, 0.3) is 5.91 Å². The van der Waals surface area contributed by atoms with Gasteiger partial charge in [-0.05, 0) is 42.5 Å². The van der Waals surface area contributed by atoms with E-state index in [0.717, 1.165) is 0 Å². The summed E-state index contributed by atoms with van der Waals surface area (Å²) in [5.74, 6) is -1.88. The highest BCUT2D eigenvalue weighted by atomic mass is 35.5. The van der Waals surface area contributed by atoms with Crippen LogP contribution in [0.1, 0.15) is 16.8 Å². The zero-order valence-electron chi connectivity index (χ0n) is 12.7. The Balaban J connectivity index is 1.92. The zero-order chi connectivity index (χ0) is 18.2. The van der Waals surface area contributed by atoms with E-state index >= 15 is 0 Å². The first-order chi connectivity index (χ1) is 11.8. The third-order valence-corrected chi connectivity index (χ3v) is 5.60. The maximum absolute atomic E-state index is 12.9. The maximum atomic E-state index is 12.9. The van der Waals surface area contributed by atoms with E-state index in [1.54, 1.807) is 0 Å². The lowest BCUT2D eigenvalue weighted by Gasteiger charge is -2.17. The average molecular weight is 383 g/mol. The second-order valence-electron chi connectivity index (χ2n) is 5.35. The molecule has 0 radical (unpaired) electrons. The van der Waals surface area contributed by atoms with Crippen molar-refractivity contribution in [1.82, 2.24) is 0 Å². The Morgan fingerprint density at radius 2 is 1.84 bits per heavy atom. The van der Waals surface area contributed by atoms with Crippen LogP contribution >= 0.6 is 11.6 Å². The molecule has 1 fully saturated rings. The number of hydrogen-bond donors (Lipinski definition) is 1. The van der Waals surface area contributed by atoms with Crippen molar-refractivity contribution in [3.8, 4) is 0 Å². The molecule has 0 aliphatic carbocycles. The summed E-state index contributed by atoms with van der Waals surface area (Å²) in [6, 6.07) is 9.14. The van der Waals surface area contributed by atoms with Crippen molar-refractivity contribution < 1.29 is 22.4 Å². The van der Waals surface area contributed by atoms with Gasteiger partial charge >= 0.3 is 0 Å². The van der Waals surface area contributed by atoms with Gasteiger partial charge in [0, 0.05) is 17.7 Å². The number of hydrogen-bond acceptors (Lipinski definition) is 4. The molecule has 6 nitrogen and oxygen atoms in total. The van der Waals surface area contributed by atoms with Crippen LogP contribution in [0.15, 0.2) is 42.5 Å². The number of carbonyl (C=O) groups is 2. The molecule has 0 unspecified atom stereocenters. The lowest BCUT2D eigenvalue weighted by molar-refractivity contribution is -0.116. The first-order valence-corrected chi connectivity index (χ1v) is 9.19. The highest BCUT2D eigenvalue weighted by molar-refractivity contribution is 7.94. The molecule has 1 N–H and O–H groups in total. The van der Waals surface area contributed by atoms with Crippen LogP contribution in [-0.2, 0) is 14.8 Å². The van der Waals surface area contributed by atoms with Crippen molar-refractivity contribution in [2.24, 2.45) is 0 Å². The Hall–Kier alpha value is -2.45. The zero-order valence-corrected chi connectivity index (χ0v) is 14.3. The average Bonchev–Trinajstić information content (AvgIpc) is 2.83. The SMILES string of the molecule is O=C(Nc1ccc(F)cc1)c1ccc(Cl)c(N2C(=O)CCS2(=O)=O)c1. The van der Waals surface area contributed by atoms with Crippen LogP contribution in [0.5, 0.6) is 0 Å². The summed E-state index contributed by atoms with van der Waals surface area (Å²) in [4.78, 5) is 24.2. The molecule has 2 aromatic rings. The highest BCUT2D eigenvalue weighted by Gasteiger charge is 2.37.